The predicted octanol–water partition coefficient (Wildman–Crippen LogP) is 3.43. The Bertz CT molecular complexity index is 799. The highest BCUT2D eigenvalue weighted by atomic mass is 28.4. The number of carbonyl (C=O) groups is 1. The van der Waals surface area contributed by atoms with Gasteiger partial charge in [-0.15, -0.1) is 0 Å². The lowest BCUT2D eigenvalue weighted by molar-refractivity contribution is -0.143. The third-order valence-corrected chi connectivity index (χ3v) is 10.7. The van der Waals surface area contributed by atoms with Gasteiger partial charge >= 0.3 is 5.97 Å². The molecule has 0 amide bonds. The molecule has 27 heavy (non-hydrogen) atoms. The summed E-state index contributed by atoms with van der Waals surface area (Å²) in [6.45, 7) is 6.78. The standard InChI is InChI=1S/C23H26O3Si/c1-23(2,3)27(18-10-6-4-7-11-18,19-12-8-5-9-13-19)26-20-15-14-17-16-21(24)25-22(17)20/h4-15,17,20,22H,16H2,1-3H3/t17-,20+,22+/m0/s1. The van der Waals surface area contributed by atoms with Gasteiger partial charge < -0.3 is 9.16 Å². The fraction of sp³-hybridized carbons (Fsp3) is 0.348. The van der Waals surface area contributed by atoms with Gasteiger partial charge in [-0.3, -0.25) is 4.79 Å². The number of benzene rings is 2. The topological polar surface area (TPSA) is 35.5 Å². The van der Waals surface area contributed by atoms with Crippen LogP contribution in [0.5, 0.6) is 0 Å². The minimum absolute atomic E-state index is 0.0930. The van der Waals surface area contributed by atoms with E-state index in [4.69, 9.17) is 9.16 Å². The van der Waals surface area contributed by atoms with Crippen molar-refractivity contribution in [2.45, 2.75) is 44.4 Å². The summed E-state index contributed by atoms with van der Waals surface area (Å²) in [7, 11) is -2.64. The lowest BCUT2D eigenvalue weighted by Crippen LogP contribution is -2.68. The van der Waals surface area contributed by atoms with Gasteiger partial charge in [0.2, 0.25) is 0 Å². The van der Waals surface area contributed by atoms with Gasteiger partial charge in [0.25, 0.3) is 8.32 Å². The van der Waals surface area contributed by atoms with Crippen LogP contribution in [0.15, 0.2) is 72.8 Å². The number of ether oxygens (including phenoxy) is 1. The molecule has 0 bridgehead atoms. The number of esters is 1. The van der Waals surface area contributed by atoms with Gasteiger partial charge in [-0.1, -0.05) is 93.6 Å². The van der Waals surface area contributed by atoms with Gasteiger partial charge in [-0.25, -0.2) is 0 Å². The van der Waals surface area contributed by atoms with Crippen LogP contribution in [-0.2, 0) is 14.0 Å². The maximum absolute atomic E-state index is 11.8. The molecule has 1 fully saturated rings. The first-order chi connectivity index (χ1) is 12.9. The highest BCUT2D eigenvalue weighted by Gasteiger charge is 2.54. The molecule has 140 valence electrons. The second-order valence-corrected chi connectivity index (χ2v) is 12.7. The van der Waals surface area contributed by atoms with E-state index in [1.807, 2.05) is 12.1 Å². The molecule has 0 unspecified atom stereocenters. The molecule has 3 nitrogen and oxygen atoms in total. The Morgan fingerprint density at radius 3 is 2.00 bits per heavy atom. The van der Waals surface area contributed by atoms with Crippen molar-refractivity contribution < 1.29 is 14.0 Å². The quantitative estimate of drug-likeness (QED) is 0.464. The Morgan fingerprint density at radius 2 is 1.48 bits per heavy atom. The van der Waals surface area contributed by atoms with Crippen molar-refractivity contribution in [2.75, 3.05) is 0 Å². The summed E-state index contributed by atoms with van der Waals surface area (Å²) in [5.74, 6) is 0.0195. The molecule has 0 saturated carbocycles. The largest absolute Gasteiger partial charge is 0.459 e. The smallest absolute Gasteiger partial charge is 0.306 e. The van der Waals surface area contributed by atoms with Gasteiger partial charge in [0.15, 0.2) is 0 Å². The van der Waals surface area contributed by atoms with Crippen molar-refractivity contribution in [3.05, 3.63) is 72.8 Å². The molecule has 0 radical (unpaired) electrons. The predicted molar refractivity (Wildman–Crippen MR) is 110 cm³/mol. The van der Waals surface area contributed by atoms with Crippen molar-refractivity contribution in [3.63, 3.8) is 0 Å². The van der Waals surface area contributed by atoms with E-state index < -0.39 is 8.32 Å². The van der Waals surface area contributed by atoms with E-state index in [9.17, 15) is 4.79 Å². The number of hydrogen-bond donors (Lipinski definition) is 0. The van der Waals surface area contributed by atoms with Crippen LogP contribution in [-0.4, -0.2) is 26.5 Å². The fourth-order valence-electron chi connectivity index (χ4n) is 4.45. The first kappa shape index (κ1) is 18.2. The van der Waals surface area contributed by atoms with Gasteiger partial charge in [0, 0.05) is 5.92 Å². The van der Waals surface area contributed by atoms with Crippen LogP contribution in [0.25, 0.3) is 0 Å². The van der Waals surface area contributed by atoms with E-state index in [1.165, 1.54) is 10.4 Å². The van der Waals surface area contributed by atoms with Gasteiger partial charge in [-0.2, -0.15) is 0 Å². The van der Waals surface area contributed by atoms with Crippen molar-refractivity contribution in [3.8, 4) is 0 Å². The molecule has 3 atom stereocenters. The lowest BCUT2D eigenvalue weighted by atomic mass is 10.1. The summed E-state index contributed by atoms with van der Waals surface area (Å²) in [5, 5.41) is 2.39. The minimum Gasteiger partial charge on any atom is -0.459 e. The second kappa shape index (κ2) is 6.77. The average Bonchev–Trinajstić information content (AvgIpc) is 3.19. The zero-order valence-electron chi connectivity index (χ0n) is 16.1. The average molecular weight is 379 g/mol. The fourth-order valence-corrected chi connectivity index (χ4v) is 9.08. The van der Waals surface area contributed by atoms with E-state index in [0.717, 1.165) is 0 Å². The maximum atomic E-state index is 11.8. The van der Waals surface area contributed by atoms with Crippen LogP contribution in [0.3, 0.4) is 0 Å². The molecule has 0 N–H and O–H groups in total. The Hall–Kier alpha value is -2.17. The van der Waals surface area contributed by atoms with Crippen LogP contribution in [0.1, 0.15) is 27.2 Å². The number of hydrogen-bond acceptors (Lipinski definition) is 3. The first-order valence-electron chi connectivity index (χ1n) is 9.58. The molecule has 0 spiro atoms. The molecule has 0 aromatic heterocycles. The van der Waals surface area contributed by atoms with Crippen LogP contribution in [0, 0.1) is 5.92 Å². The van der Waals surface area contributed by atoms with Crippen LogP contribution >= 0.6 is 0 Å². The lowest BCUT2D eigenvalue weighted by Gasteiger charge is -2.45. The number of carbonyl (C=O) groups excluding carboxylic acids is 1. The molecule has 1 saturated heterocycles. The summed E-state index contributed by atoms with van der Waals surface area (Å²) < 4.78 is 12.7. The Morgan fingerprint density at radius 1 is 0.926 bits per heavy atom. The second-order valence-electron chi connectivity index (χ2n) is 8.45. The zero-order valence-corrected chi connectivity index (χ0v) is 17.1. The zero-order chi connectivity index (χ0) is 19.1. The maximum Gasteiger partial charge on any atom is 0.306 e. The van der Waals surface area contributed by atoms with Crippen molar-refractivity contribution in [1.82, 2.24) is 0 Å². The molecule has 4 rings (SSSR count). The normalized spacial score (nSPS) is 24.7. The summed E-state index contributed by atoms with van der Waals surface area (Å²) in [4.78, 5) is 11.8. The Balaban J connectivity index is 1.83. The summed E-state index contributed by atoms with van der Waals surface area (Å²) >= 11 is 0. The summed E-state index contributed by atoms with van der Waals surface area (Å²) in [6.07, 6.45) is 4.26. The first-order valence-corrected chi connectivity index (χ1v) is 11.5. The van der Waals surface area contributed by atoms with E-state index in [2.05, 4.69) is 81.5 Å². The SMILES string of the molecule is CC(C)(C)[Si](O[C@@H]1C=C[C@H]2CC(=O)O[C@H]21)(c1ccccc1)c1ccccc1. The van der Waals surface area contributed by atoms with Crippen molar-refractivity contribution >= 4 is 24.7 Å². The molecule has 2 aromatic carbocycles. The van der Waals surface area contributed by atoms with Gasteiger partial charge in [0.05, 0.1) is 6.42 Å². The van der Waals surface area contributed by atoms with E-state index in [1.54, 1.807) is 0 Å². The highest BCUT2D eigenvalue weighted by Crippen LogP contribution is 2.41. The van der Waals surface area contributed by atoms with Crippen LogP contribution < -0.4 is 10.4 Å². The molecular formula is C23H26O3Si. The van der Waals surface area contributed by atoms with Gasteiger partial charge in [0.1, 0.15) is 12.2 Å². The summed E-state index contributed by atoms with van der Waals surface area (Å²) in [5.41, 5.74) is 0. The monoisotopic (exact) mass is 378 g/mol. The van der Waals surface area contributed by atoms with E-state index in [0.29, 0.717) is 6.42 Å². The van der Waals surface area contributed by atoms with Crippen LogP contribution in [0.2, 0.25) is 5.04 Å². The molecule has 1 aliphatic heterocycles. The molecule has 2 aliphatic rings. The number of fused-ring (bicyclic) bond motifs is 1. The van der Waals surface area contributed by atoms with E-state index in [-0.39, 0.29) is 29.1 Å². The summed E-state index contributed by atoms with van der Waals surface area (Å²) in [6, 6.07) is 21.1. The third kappa shape index (κ3) is 3.07. The Labute approximate surface area is 162 Å². The number of rotatable bonds is 4. The molecule has 1 aliphatic carbocycles. The van der Waals surface area contributed by atoms with Crippen molar-refractivity contribution in [2.24, 2.45) is 5.92 Å². The van der Waals surface area contributed by atoms with Crippen LogP contribution in [0.4, 0.5) is 0 Å². The Kier molecular flexibility index (Phi) is 4.56. The highest BCUT2D eigenvalue weighted by molar-refractivity contribution is 6.99. The van der Waals surface area contributed by atoms with Crippen molar-refractivity contribution in [1.29, 1.82) is 0 Å². The molecule has 1 heterocycles. The van der Waals surface area contributed by atoms with E-state index >= 15 is 0 Å². The van der Waals surface area contributed by atoms with Gasteiger partial charge in [-0.05, 0) is 15.4 Å². The molecular weight excluding hydrogens is 352 g/mol. The molecule has 2 aromatic rings. The minimum atomic E-state index is -2.64. The third-order valence-electron chi connectivity index (χ3n) is 5.69. The molecule has 4 heteroatoms.